The van der Waals surface area contributed by atoms with Crippen molar-refractivity contribution < 1.29 is 4.74 Å². The molecule has 108 valence electrons. The Kier molecular flexibility index (Phi) is 6.93. The molecule has 2 nitrogen and oxygen atoms in total. The summed E-state index contributed by atoms with van der Waals surface area (Å²) in [5.41, 5.74) is 2.61. The fourth-order valence-electron chi connectivity index (χ4n) is 2.34. The predicted octanol–water partition coefficient (Wildman–Crippen LogP) is 4.48. The minimum atomic E-state index is 0.390. The van der Waals surface area contributed by atoms with Gasteiger partial charge in [0.05, 0.1) is 6.61 Å². The van der Waals surface area contributed by atoms with Crippen LogP contribution >= 0.6 is 0 Å². The van der Waals surface area contributed by atoms with Gasteiger partial charge in [-0.1, -0.05) is 38.5 Å². The third-order valence-corrected chi connectivity index (χ3v) is 3.19. The van der Waals surface area contributed by atoms with Gasteiger partial charge in [-0.25, -0.2) is 0 Å². The summed E-state index contributed by atoms with van der Waals surface area (Å²) in [6.07, 6.45) is 2.30. The van der Waals surface area contributed by atoms with Crippen LogP contribution in [0.1, 0.15) is 57.7 Å². The summed E-state index contributed by atoms with van der Waals surface area (Å²) in [4.78, 5) is 0. The first-order valence-electron chi connectivity index (χ1n) is 7.55. The molecule has 0 amide bonds. The molecule has 0 aliphatic carbocycles. The van der Waals surface area contributed by atoms with Crippen LogP contribution in [-0.2, 0) is 0 Å². The molecule has 1 aromatic rings. The minimum absolute atomic E-state index is 0.390. The molecule has 0 spiro atoms. The Morgan fingerprint density at radius 2 is 1.95 bits per heavy atom. The van der Waals surface area contributed by atoms with Crippen molar-refractivity contribution in [1.82, 2.24) is 5.32 Å². The zero-order chi connectivity index (χ0) is 14.3. The summed E-state index contributed by atoms with van der Waals surface area (Å²) >= 11 is 0. The largest absolute Gasteiger partial charge is 0.494 e. The summed E-state index contributed by atoms with van der Waals surface area (Å²) in [5, 5.41) is 3.66. The van der Waals surface area contributed by atoms with Crippen molar-refractivity contribution >= 4 is 0 Å². The van der Waals surface area contributed by atoms with Crippen LogP contribution < -0.4 is 10.1 Å². The van der Waals surface area contributed by atoms with Gasteiger partial charge in [-0.15, -0.1) is 0 Å². The second kappa shape index (κ2) is 8.21. The van der Waals surface area contributed by atoms with E-state index in [-0.39, 0.29) is 0 Å². The van der Waals surface area contributed by atoms with Crippen LogP contribution in [0.2, 0.25) is 0 Å². The molecule has 1 aromatic carbocycles. The molecule has 1 rings (SSSR count). The van der Waals surface area contributed by atoms with Gasteiger partial charge in [-0.2, -0.15) is 0 Å². The standard InChI is InChI=1S/C17H29NO/c1-6-10-18-16(11-13(3)4)15-12-14(5)8-9-17(15)19-7-2/h8-9,12-13,16,18H,6-7,10-11H2,1-5H3. The number of hydrogen-bond acceptors (Lipinski definition) is 2. The Morgan fingerprint density at radius 1 is 1.21 bits per heavy atom. The lowest BCUT2D eigenvalue weighted by Gasteiger charge is -2.24. The van der Waals surface area contributed by atoms with Crippen LogP contribution in [-0.4, -0.2) is 13.2 Å². The van der Waals surface area contributed by atoms with Crippen LogP contribution in [0.3, 0.4) is 0 Å². The number of benzene rings is 1. The zero-order valence-corrected chi connectivity index (χ0v) is 13.1. The molecule has 0 aromatic heterocycles. The van der Waals surface area contributed by atoms with Crippen molar-refractivity contribution in [3.05, 3.63) is 29.3 Å². The molecule has 1 unspecified atom stereocenters. The molecule has 0 aliphatic heterocycles. The van der Waals surface area contributed by atoms with E-state index in [0.29, 0.717) is 12.0 Å². The van der Waals surface area contributed by atoms with Crippen LogP contribution in [0, 0.1) is 12.8 Å². The molecule has 0 radical (unpaired) electrons. The normalized spacial score (nSPS) is 12.7. The lowest BCUT2D eigenvalue weighted by atomic mass is 9.95. The zero-order valence-electron chi connectivity index (χ0n) is 13.1. The summed E-state index contributed by atoms with van der Waals surface area (Å²) in [5.74, 6) is 1.70. The van der Waals surface area contributed by atoms with Crippen molar-refractivity contribution in [1.29, 1.82) is 0 Å². The van der Waals surface area contributed by atoms with Crippen LogP contribution in [0.25, 0.3) is 0 Å². The lowest BCUT2D eigenvalue weighted by molar-refractivity contribution is 0.326. The number of ether oxygens (including phenoxy) is 1. The van der Waals surface area contributed by atoms with Crippen LogP contribution in [0.15, 0.2) is 18.2 Å². The summed E-state index contributed by atoms with van der Waals surface area (Å²) in [6, 6.07) is 6.89. The molecular formula is C17H29NO. The molecule has 0 fully saturated rings. The van der Waals surface area contributed by atoms with Crippen molar-refractivity contribution in [3.8, 4) is 5.75 Å². The molecule has 0 heterocycles. The summed E-state index contributed by atoms with van der Waals surface area (Å²) < 4.78 is 5.79. The molecule has 0 saturated heterocycles. The van der Waals surface area contributed by atoms with Crippen LogP contribution in [0.5, 0.6) is 5.75 Å². The molecule has 0 saturated carbocycles. The maximum Gasteiger partial charge on any atom is 0.124 e. The van der Waals surface area contributed by atoms with Crippen molar-refractivity contribution in [3.63, 3.8) is 0 Å². The summed E-state index contributed by atoms with van der Waals surface area (Å²) in [7, 11) is 0. The molecule has 0 aliphatic rings. The van der Waals surface area contributed by atoms with E-state index in [4.69, 9.17) is 4.74 Å². The maximum absolute atomic E-state index is 5.79. The minimum Gasteiger partial charge on any atom is -0.494 e. The van der Waals surface area contributed by atoms with Gasteiger partial charge in [0, 0.05) is 11.6 Å². The average Bonchev–Trinajstić information content (AvgIpc) is 2.36. The average molecular weight is 263 g/mol. The van der Waals surface area contributed by atoms with E-state index < -0.39 is 0 Å². The van der Waals surface area contributed by atoms with E-state index in [1.807, 2.05) is 6.92 Å². The molecule has 0 bridgehead atoms. The first-order chi connectivity index (χ1) is 9.08. The second-order valence-electron chi connectivity index (χ2n) is 5.61. The number of nitrogens with one attached hydrogen (secondary N) is 1. The first-order valence-corrected chi connectivity index (χ1v) is 7.55. The fraction of sp³-hybridized carbons (Fsp3) is 0.647. The van der Waals surface area contributed by atoms with E-state index in [1.165, 1.54) is 11.1 Å². The van der Waals surface area contributed by atoms with Gasteiger partial charge in [0.1, 0.15) is 5.75 Å². The maximum atomic E-state index is 5.79. The smallest absolute Gasteiger partial charge is 0.124 e. The monoisotopic (exact) mass is 263 g/mol. The van der Waals surface area contributed by atoms with Crippen molar-refractivity contribution in [2.75, 3.05) is 13.2 Å². The van der Waals surface area contributed by atoms with Gasteiger partial charge in [0.2, 0.25) is 0 Å². The highest BCUT2D eigenvalue weighted by Gasteiger charge is 2.17. The van der Waals surface area contributed by atoms with Crippen LogP contribution in [0.4, 0.5) is 0 Å². The van der Waals surface area contributed by atoms with Gasteiger partial charge in [0.15, 0.2) is 0 Å². The third-order valence-electron chi connectivity index (χ3n) is 3.19. The van der Waals surface area contributed by atoms with Crippen molar-refractivity contribution in [2.45, 2.75) is 53.5 Å². The van der Waals surface area contributed by atoms with Gasteiger partial charge in [-0.3, -0.25) is 0 Å². The number of aryl methyl sites for hydroxylation is 1. The highest BCUT2D eigenvalue weighted by atomic mass is 16.5. The third kappa shape index (κ3) is 5.23. The Balaban J connectivity index is 3.00. The number of hydrogen-bond donors (Lipinski definition) is 1. The molecule has 1 atom stereocenters. The van der Waals surface area contributed by atoms with Gasteiger partial charge < -0.3 is 10.1 Å². The van der Waals surface area contributed by atoms with E-state index in [1.54, 1.807) is 0 Å². The first kappa shape index (κ1) is 16.0. The van der Waals surface area contributed by atoms with E-state index in [9.17, 15) is 0 Å². The Hall–Kier alpha value is -1.02. The Morgan fingerprint density at radius 3 is 2.53 bits per heavy atom. The van der Waals surface area contributed by atoms with E-state index >= 15 is 0 Å². The quantitative estimate of drug-likeness (QED) is 0.746. The molecular weight excluding hydrogens is 234 g/mol. The van der Waals surface area contributed by atoms with E-state index in [2.05, 4.69) is 51.2 Å². The second-order valence-corrected chi connectivity index (χ2v) is 5.61. The fourth-order valence-corrected chi connectivity index (χ4v) is 2.34. The summed E-state index contributed by atoms with van der Waals surface area (Å²) in [6.45, 7) is 12.7. The number of rotatable bonds is 8. The Bertz CT molecular complexity index is 374. The van der Waals surface area contributed by atoms with Gasteiger partial charge in [0.25, 0.3) is 0 Å². The lowest BCUT2D eigenvalue weighted by Crippen LogP contribution is -2.24. The highest BCUT2D eigenvalue weighted by molar-refractivity contribution is 5.39. The molecule has 19 heavy (non-hydrogen) atoms. The molecule has 1 N–H and O–H groups in total. The predicted molar refractivity (Wildman–Crippen MR) is 82.8 cm³/mol. The van der Waals surface area contributed by atoms with Gasteiger partial charge in [-0.05, 0) is 45.2 Å². The Labute approximate surface area is 118 Å². The van der Waals surface area contributed by atoms with Gasteiger partial charge >= 0.3 is 0 Å². The van der Waals surface area contributed by atoms with E-state index in [0.717, 1.165) is 31.7 Å². The molecule has 2 heteroatoms. The van der Waals surface area contributed by atoms with Crippen molar-refractivity contribution in [2.24, 2.45) is 5.92 Å². The SMILES string of the molecule is CCCNC(CC(C)C)c1cc(C)ccc1OCC. The topological polar surface area (TPSA) is 21.3 Å². The highest BCUT2D eigenvalue weighted by Crippen LogP contribution is 2.30.